The first-order valence-corrected chi connectivity index (χ1v) is 3.51. The summed E-state index contributed by atoms with van der Waals surface area (Å²) >= 11 is 0. The highest BCUT2D eigenvalue weighted by molar-refractivity contribution is 5.17. The zero-order valence-corrected chi connectivity index (χ0v) is 6.45. The van der Waals surface area contributed by atoms with Gasteiger partial charge in [-0.3, -0.25) is 0 Å². The van der Waals surface area contributed by atoms with Crippen LogP contribution in [0, 0.1) is 12.5 Å². The number of benzene rings is 1. The lowest BCUT2D eigenvalue weighted by atomic mass is 10.1. The Hall–Kier alpha value is -1.42. The summed E-state index contributed by atoms with van der Waals surface area (Å²) in [4.78, 5) is 0. The van der Waals surface area contributed by atoms with E-state index in [0.717, 1.165) is 5.56 Å². The first-order chi connectivity index (χ1) is 5.34. The molecule has 1 unspecified atom stereocenters. The molecule has 0 aromatic heterocycles. The number of terminal acetylenes is 1. The fourth-order valence-corrected chi connectivity index (χ4v) is 0.894. The van der Waals surface area contributed by atoms with Crippen LogP contribution in [0.3, 0.4) is 0 Å². The summed E-state index contributed by atoms with van der Waals surface area (Å²) in [5.74, 6) is 0. The maximum atomic E-state index is 4.99. The summed E-state index contributed by atoms with van der Waals surface area (Å²) in [6.45, 7) is 1.93. The van der Waals surface area contributed by atoms with Gasteiger partial charge in [-0.25, -0.2) is 0 Å². The summed E-state index contributed by atoms with van der Waals surface area (Å²) in [6, 6.07) is 9.87. The van der Waals surface area contributed by atoms with E-state index in [1.807, 2.05) is 37.3 Å². The van der Waals surface area contributed by atoms with Gasteiger partial charge in [-0.1, -0.05) is 36.8 Å². The van der Waals surface area contributed by atoms with Crippen LogP contribution in [0.5, 0.6) is 0 Å². The van der Waals surface area contributed by atoms with Gasteiger partial charge >= 0.3 is 0 Å². The second kappa shape index (κ2) is 3.68. The molecule has 0 radical (unpaired) electrons. The molecule has 0 N–H and O–H groups in total. The lowest BCUT2D eigenvalue weighted by molar-refractivity contribution is 0.189. The van der Waals surface area contributed by atoms with Crippen LogP contribution in [0.15, 0.2) is 30.3 Å². The Labute approximate surface area is 67.0 Å². The molecule has 1 rings (SSSR count). The Morgan fingerprint density at radius 1 is 1.36 bits per heavy atom. The third kappa shape index (κ3) is 2.01. The quantitative estimate of drug-likeness (QED) is 0.582. The minimum atomic E-state index is -0.0128. The predicted molar refractivity (Wildman–Crippen MR) is 44.8 cm³/mol. The topological polar surface area (TPSA) is 9.23 Å². The minimum absolute atomic E-state index is 0.0128. The second-order valence-electron chi connectivity index (χ2n) is 2.29. The Balaban J connectivity index is 2.70. The van der Waals surface area contributed by atoms with Gasteiger partial charge in [-0.05, 0) is 12.5 Å². The Bertz CT molecular complexity index is 245. The summed E-state index contributed by atoms with van der Waals surface area (Å²) in [7, 11) is 0. The molecule has 0 amide bonds. The van der Waals surface area contributed by atoms with Crippen LogP contribution in [0.2, 0.25) is 0 Å². The molecular weight excluding hydrogens is 136 g/mol. The molecule has 0 saturated heterocycles. The molecule has 0 saturated carbocycles. The second-order valence-corrected chi connectivity index (χ2v) is 2.29. The van der Waals surface area contributed by atoms with Crippen molar-refractivity contribution in [2.45, 2.75) is 13.0 Å². The molecule has 0 spiro atoms. The van der Waals surface area contributed by atoms with Gasteiger partial charge in [0.15, 0.2) is 0 Å². The Kier molecular flexibility index (Phi) is 2.57. The predicted octanol–water partition coefficient (Wildman–Crippen LogP) is 2.35. The van der Waals surface area contributed by atoms with Gasteiger partial charge in [0.2, 0.25) is 0 Å². The van der Waals surface area contributed by atoms with E-state index in [9.17, 15) is 0 Å². The molecule has 1 atom stereocenters. The molecule has 0 bridgehead atoms. The zero-order valence-electron chi connectivity index (χ0n) is 6.45. The lowest BCUT2D eigenvalue weighted by Crippen LogP contribution is -1.93. The molecule has 1 nitrogen and oxygen atoms in total. The standard InChI is InChI=1S/C10H10O/c1-3-11-9(2)10-7-5-4-6-8-10/h1,4-9H,2H3. The van der Waals surface area contributed by atoms with E-state index in [1.54, 1.807) is 0 Å². The fraction of sp³-hybridized carbons (Fsp3) is 0.200. The van der Waals surface area contributed by atoms with E-state index in [1.165, 1.54) is 0 Å². The number of rotatable bonds is 2. The van der Waals surface area contributed by atoms with Crippen LogP contribution < -0.4 is 0 Å². The van der Waals surface area contributed by atoms with Crippen LogP contribution >= 0.6 is 0 Å². The van der Waals surface area contributed by atoms with Crippen molar-refractivity contribution in [1.29, 1.82) is 0 Å². The zero-order chi connectivity index (χ0) is 8.10. The van der Waals surface area contributed by atoms with Gasteiger partial charge in [0, 0.05) is 0 Å². The van der Waals surface area contributed by atoms with E-state index in [-0.39, 0.29) is 6.10 Å². The van der Waals surface area contributed by atoms with Crippen LogP contribution in [0.25, 0.3) is 0 Å². The molecule has 0 aliphatic carbocycles. The largest absolute Gasteiger partial charge is 0.439 e. The molecular formula is C10H10O. The van der Waals surface area contributed by atoms with Crippen molar-refractivity contribution >= 4 is 0 Å². The third-order valence-electron chi connectivity index (χ3n) is 1.51. The fourth-order valence-electron chi connectivity index (χ4n) is 0.894. The van der Waals surface area contributed by atoms with Crippen LogP contribution in [0.4, 0.5) is 0 Å². The normalized spacial score (nSPS) is 11.6. The van der Waals surface area contributed by atoms with Crippen molar-refractivity contribution in [3.63, 3.8) is 0 Å². The van der Waals surface area contributed by atoms with Gasteiger partial charge in [0.25, 0.3) is 0 Å². The van der Waals surface area contributed by atoms with Crippen molar-refractivity contribution in [3.8, 4) is 12.5 Å². The number of hydrogen-bond acceptors (Lipinski definition) is 1. The van der Waals surface area contributed by atoms with E-state index in [4.69, 9.17) is 11.2 Å². The first kappa shape index (κ1) is 7.68. The van der Waals surface area contributed by atoms with Gasteiger partial charge in [0.05, 0.1) is 0 Å². The van der Waals surface area contributed by atoms with Gasteiger partial charge < -0.3 is 4.74 Å². The minimum Gasteiger partial charge on any atom is -0.439 e. The van der Waals surface area contributed by atoms with E-state index in [2.05, 4.69) is 6.11 Å². The summed E-state index contributed by atoms with van der Waals surface area (Å²) in [5.41, 5.74) is 1.10. The smallest absolute Gasteiger partial charge is 0.133 e. The number of ether oxygens (including phenoxy) is 1. The Morgan fingerprint density at radius 3 is 2.55 bits per heavy atom. The van der Waals surface area contributed by atoms with E-state index >= 15 is 0 Å². The molecule has 0 aliphatic heterocycles. The summed E-state index contributed by atoms with van der Waals surface area (Å²) in [6.07, 6.45) is 7.15. The Morgan fingerprint density at radius 2 is 2.00 bits per heavy atom. The maximum absolute atomic E-state index is 4.99. The maximum Gasteiger partial charge on any atom is 0.133 e. The van der Waals surface area contributed by atoms with E-state index in [0.29, 0.717) is 0 Å². The molecule has 0 aliphatic rings. The molecule has 0 fully saturated rings. The van der Waals surface area contributed by atoms with Crippen molar-refractivity contribution < 1.29 is 4.74 Å². The van der Waals surface area contributed by atoms with Crippen molar-refractivity contribution in [2.24, 2.45) is 0 Å². The molecule has 11 heavy (non-hydrogen) atoms. The first-order valence-electron chi connectivity index (χ1n) is 3.51. The highest BCUT2D eigenvalue weighted by Gasteiger charge is 2.01. The molecule has 56 valence electrons. The van der Waals surface area contributed by atoms with Gasteiger partial charge in [-0.15, -0.1) is 0 Å². The molecule has 1 aromatic carbocycles. The summed E-state index contributed by atoms with van der Waals surface area (Å²) < 4.78 is 4.96. The van der Waals surface area contributed by atoms with Gasteiger partial charge in [0.1, 0.15) is 12.2 Å². The van der Waals surface area contributed by atoms with Crippen molar-refractivity contribution in [1.82, 2.24) is 0 Å². The van der Waals surface area contributed by atoms with Crippen LogP contribution in [-0.2, 0) is 4.74 Å². The van der Waals surface area contributed by atoms with Crippen LogP contribution in [0.1, 0.15) is 18.6 Å². The van der Waals surface area contributed by atoms with E-state index < -0.39 is 0 Å². The van der Waals surface area contributed by atoms with Gasteiger partial charge in [-0.2, -0.15) is 0 Å². The number of hydrogen-bond donors (Lipinski definition) is 0. The van der Waals surface area contributed by atoms with Crippen LogP contribution in [-0.4, -0.2) is 0 Å². The average molecular weight is 146 g/mol. The monoisotopic (exact) mass is 146 g/mol. The highest BCUT2D eigenvalue weighted by atomic mass is 16.5. The van der Waals surface area contributed by atoms with Crippen molar-refractivity contribution in [2.75, 3.05) is 0 Å². The lowest BCUT2D eigenvalue weighted by Gasteiger charge is -2.07. The highest BCUT2D eigenvalue weighted by Crippen LogP contribution is 2.14. The SMILES string of the molecule is C#COC(C)c1ccccc1. The third-order valence-corrected chi connectivity index (χ3v) is 1.51. The molecule has 1 heteroatoms. The molecule has 0 heterocycles. The van der Waals surface area contributed by atoms with Crippen molar-refractivity contribution in [3.05, 3.63) is 35.9 Å². The molecule has 1 aromatic rings. The average Bonchev–Trinajstić information content (AvgIpc) is 2.07. The summed E-state index contributed by atoms with van der Waals surface area (Å²) in [5, 5.41) is 0.